The number of aliphatic carboxylic acids is 1. The maximum Gasteiger partial charge on any atom is 0.307 e. The van der Waals surface area contributed by atoms with Crippen molar-refractivity contribution in [1.29, 1.82) is 0 Å². The van der Waals surface area contributed by atoms with E-state index in [1.165, 1.54) is 0 Å². The van der Waals surface area contributed by atoms with Crippen LogP contribution in [0.25, 0.3) is 20.8 Å². The highest BCUT2D eigenvalue weighted by molar-refractivity contribution is 7.21. The van der Waals surface area contributed by atoms with Gasteiger partial charge in [-0.15, -0.1) is 11.3 Å². The molecule has 1 heterocycles. The summed E-state index contributed by atoms with van der Waals surface area (Å²) in [5, 5.41) is 9.73. The van der Waals surface area contributed by atoms with Gasteiger partial charge in [0.2, 0.25) is 0 Å². The zero-order chi connectivity index (χ0) is 14.1. The molecular formula is C15H12N2O2S. The molecule has 0 atom stereocenters. The Morgan fingerprint density at radius 3 is 2.65 bits per heavy atom. The Labute approximate surface area is 119 Å². The number of nitrogen functional groups attached to an aromatic ring is 1. The van der Waals surface area contributed by atoms with E-state index in [0.29, 0.717) is 0 Å². The molecule has 1 aromatic heterocycles. The number of carboxylic acids is 1. The van der Waals surface area contributed by atoms with Gasteiger partial charge in [0.1, 0.15) is 5.01 Å². The van der Waals surface area contributed by atoms with Gasteiger partial charge < -0.3 is 10.8 Å². The highest BCUT2D eigenvalue weighted by Crippen LogP contribution is 2.31. The number of fused-ring (bicyclic) bond motifs is 1. The normalized spacial score (nSPS) is 10.8. The number of rotatable bonds is 3. The van der Waals surface area contributed by atoms with Gasteiger partial charge in [-0.1, -0.05) is 6.07 Å². The summed E-state index contributed by atoms with van der Waals surface area (Å²) < 4.78 is 0.996. The predicted octanol–water partition coefficient (Wildman–Crippen LogP) is 3.17. The Morgan fingerprint density at radius 1 is 1.20 bits per heavy atom. The lowest BCUT2D eigenvalue weighted by Crippen LogP contribution is -1.99. The molecule has 0 aliphatic heterocycles. The standard InChI is InChI=1S/C15H12N2O2S/c16-11-4-2-10(3-5-11)15-17-12-6-1-9(8-14(18)19)7-13(12)20-15/h1-7H,8,16H2,(H,18,19). The Kier molecular flexibility index (Phi) is 3.12. The van der Waals surface area contributed by atoms with Crippen LogP contribution in [0.2, 0.25) is 0 Å². The summed E-state index contributed by atoms with van der Waals surface area (Å²) in [5.41, 5.74) is 9.08. The number of aromatic nitrogens is 1. The Bertz CT molecular complexity index is 778. The summed E-state index contributed by atoms with van der Waals surface area (Å²) in [4.78, 5) is 15.3. The van der Waals surface area contributed by atoms with Crippen molar-refractivity contribution in [3.05, 3.63) is 48.0 Å². The van der Waals surface area contributed by atoms with E-state index in [4.69, 9.17) is 10.8 Å². The lowest BCUT2D eigenvalue weighted by Gasteiger charge is -1.95. The second kappa shape index (κ2) is 4.94. The highest BCUT2D eigenvalue weighted by atomic mass is 32.1. The van der Waals surface area contributed by atoms with Crippen LogP contribution in [0, 0.1) is 0 Å². The summed E-state index contributed by atoms with van der Waals surface area (Å²) in [6.45, 7) is 0. The summed E-state index contributed by atoms with van der Waals surface area (Å²) in [6, 6.07) is 13.1. The van der Waals surface area contributed by atoms with Crippen molar-refractivity contribution in [2.24, 2.45) is 0 Å². The molecule has 0 saturated heterocycles. The molecule has 4 nitrogen and oxygen atoms in total. The summed E-state index contributed by atoms with van der Waals surface area (Å²) in [6.07, 6.45) is 0.0328. The van der Waals surface area contributed by atoms with Gasteiger partial charge >= 0.3 is 5.97 Å². The van der Waals surface area contributed by atoms with E-state index >= 15 is 0 Å². The third-order valence-electron chi connectivity index (χ3n) is 2.97. The van der Waals surface area contributed by atoms with E-state index in [9.17, 15) is 4.79 Å². The molecule has 0 aliphatic rings. The molecule has 0 radical (unpaired) electrons. The number of anilines is 1. The maximum atomic E-state index is 10.7. The van der Waals surface area contributed by atoms with Gasteiger partial charge in [-0.3, -0.25) is 4.79 Å². The van der Waals surface area contributed by atoms with E-state index in [-0.39, 0.29) is 6.42 Å². The molecular weight excluding hydrogens is 272 g/mol. The molecule has 0 aliphatic carbocycles. The fraction of sp³-hybridized carbons (Fsp3) is 0.0667. The average molecular weight is 284 g/mol. The number of thiazole rings is 1. The first-order chi connectivity index (χ1) is 9.61. The van der Waals surface area contributed by atoms with Crippen molar-refractivity contribution in [1.82, 2.24) is 4.98 Å². The van der Waals surface area contributed by atoms with E-state index in [2.05, 4.69) is 4.98 Å². The van der Waals surface area contributed by atoms with E-state index in [0.717, 1.165) is 32.0 Å². The summed E-state index contributed by atoms with van der Waals surface area (Å²) in [7, 11) is 0. The zero-order valence-corrected chi connectivity index (χ0v) is 11.4. The van der Waals surface area contributed by atoms with Crippen molar-refractivity contribution in [2.75, 3.05) is 5.73 Å². The average Bonchev–Trinajstić information content (AvgIpc) is 2.81. The van der Waals surface area contributed by atoms with Gasteiger partial charge in [-0.25, -0.2) is 4.98 Å². The number of benzene rings is 2. The third-order valence-corrected chi connectivity index (χ3v) is 4.03. The lowest BCUT2D eigenvalue weighted by molar-refractivity contribution is -0.136. The number of hydrogen-bond acceptors (Lipinski definition) is 4. The molecule has 0 bridgehead atoms. The first-order valence-electron chi connectivity index (χ1n) is 6.09. The predicted molar refractivity (Wildman–Crippen MR) is 80.8 cm³/mol. The monoisotopic (exact) mass is 284 g/mol. The smallest absolute Gasteiger partial charge is 0.307 e. The van der Waals surface area contributed by atoms with E-state index < -0.39 is 5.97 Å². The summed E-state index contributed by atoms with van der Waals surface area (Å²) >= 11 is 1.55. The Morgan fingerprint density at radius 2 is 1.95 bits per heavy atom. The highest BCUT2D eigenvalue weighted by Gasteiger charge is 2.08. The molecule has 0 amide bonds. The molecule has 3 N–H and O–H groups in total. The van der Waals surface area contributed by atoms with Crippen molar-refractivity contribution < 1.29 is 9.90 Å². The number of nitrogens with two attached hydrogens (primary N) is 1. The molecule has 2 aromatic carbocycles. The van der Waals surface area contributed by atoms with E-state index in [1.54, 1.807) is 11.3 Å². The van der Waals surface area contributed by atoms with Crippen molar-refractivity contribution >= 4 is 33.2 Å². The van der Waals surface area contributed by atoms with Crippen LogP contribution in [0.5, 0.6) is 0 Å². The number of carboxylic acid groups (broad SMARTS) is 1. The van der Waals surface area contributed by atoms with Gasteiger partial charge in [-0.05, 0) is 42.0 Å². The van der Waals surface area contributed by atoms with Gasteiger partial charge in [0.15, 0.2) is 0 Å². The largest absolute Gasteiger partial charge is 0.481 e. The van der Waals surface area contributed by atoms with Gasteiger partial charge in [-0.2, -0.15) is 0 Å². The minimum absolute atomic E-state index is 0.0328. The van der Waals surface area contributed by atoms with Crippen LogP contribution in [0.3, 0.4) is 0 Å². The van der Waals surface area contributed by atoms with E-state index in [1.807, 2.05) is 42.5 Å². The second-order valence-electron chi connectivity index (χ2n) is 4.51. The van der Waals surface area contributed by atoms with Crippen molar-refractivity contribution in [2.45, 2.75) is 6.42 Å². The Balaban J connectivity index is 2.01. The topological polar surface area (TPSA) is 76.2 Å². The molecule has 100 valence electrons. The van der Waals surface area contributed by atoms with Gasteiger partial charge in [0, 0.05) is 11.3 Å². The molecule has 0 fully saturated rings. The molecule has 3 rings (SSSR count). The minimum atomic E-state index is -0.826. The summed E-state index contributed by atoms with van der Waals surface area (Å²) in [5.74, 6) is -0.826. The molecule has 20 heavy (non-hydrogen) atoms. The van der Waals surface area contributed by atoms with Crippen LogP contribution in [-0.2, 0) is 11.2 Å². The van der Waals surface area contributed by atoms with Crippen molar-refractivity contribution in [3.8, 4) is 10.6 Å². The van der Waals surface area contributed by atoms with Gasteiger partial charge in [0.25, 0.3) is 0 Å². The molecule has 5 heteroatoms. The third kappa shape index (κ3) is 2.48. The van der Waals surface area contributed by atoms with Crippen molar-refractivity contribution in [3.63, 3.8) is 0 Å². The van der Waals surface area contributed by atoms with Crippen LogP contribution in [0.1, 0.15) is 5.56 Å². The Hall–Kier alpha value is -2.40. The minimum Gasteiger partial charge on any atom is -0.481 e. The SMILES string of the molecule is Nc1ccc(-c2nc3ccc(CC(=O)O)cc3s2)cc1. The molecule has 0 unspecified atom stereocenters. The first-order valence-corrected chi connectivity index (χ1v) is 6.90. The van der Waals surface area contributed by atoms with Gasteiger partial charge in [0.05, 0.1) is 16.6 Å². The first kappa shape index (κ1) is 12.6. The molecule has 3 aromatic rings. The van der Waals surface area contributed by atoms with Crippen LogP contribution in [-0.4, -0.2) is 16.1 Å². The molecule has 0 spiro atoms. The zero-order valence-electron chi connectivity index (χ0n) is 10.5. The van der Waals surface area contributed by atoms with Crippen LogP contribution >= 0.6 is 11.3 Å². The maximum absolute atomic E-state index is 10.7. The number of nitrogens with zero attached hydrogens (tertiary/aromatic N) is 1. The van der Waals surface area contributed by atoms with Crippen LogP contribution in [0.4, 0.5) is 5.69 Å². The second-order valence-corrected chi connectivity index (χ2v) is 5.54. The fourth-order valence-corrected chi connectivity index (χ4v) is 3.04. The van der Waals surface area contributed by atoms with Crippen LogP contribution < -0.4 is 5.73 Å². The van der Waals surface area contributed by atoms with Crippen LogP contribution in [0.15, 0.2) is 42.5 Å². The molecule has 0 saturated carbocycles. The number of carbonyl (C=O) groups is 1. The fourth-order valence-electron chi connectivity index (χ4n) is 2.00. The lowest BCUT2D eigenvalue weighted by atomic mass is 10.1. The quantitative estimate of drug-likeness (QED) is 0.724. The number of hydrogen-bond donors (Lipinski definition) is 2.